The van der Waals surface area contributed by atoms with Crippen LogP contribution in [0.15, 0.2) is 12.1 Å². The summed E-state index contributed by atoms with van der Waals surface area (Å²) in [5, 5.41) is 5.75. The van der Waals surface area contributed by atoms with E-state index in [1.807, 2.05) is 12.1 Å². The molecule has 0 aliphatic carbocycles. The highest BCUT2D eigenvalue weighted by atomic mass is 31.2. The second kappa shape index (κ2) is 15.2. The lowest BCUT2D eigenvalue weighted by Crippen LogP contribution is -2.50. The van der Waals surface area contributed by atoms with E-state index < -0.39 is 37.8 Å². The van der Waals surface area contributed by atoms with Gasteiger partial charge in [0.25, 0.3) is 0 Å². The van der Waals surface area contributed by atoms with Crippen molar-refractivity contribution in [2.75, 3.05) is 27.3 Å². The van der Waals surface area contributed by atoms with Gasteiger partial charge in [0.2, 0.25) is 0 Å². The van der Waals surface area contributed by atoms with Crippen LogP contribution in [0.3, 0.4) is 0 Å². The van der Waals surface area contributed by atoms with E-state index >= 15 is 0 Å². The van der Waals surface area contributed by atoms with Gasteiger partial charge < -0.3 is 23.5 Å². The third-order valence-electron chi connectivity index (χ3n) is 7.76. The van der Waals surface area contributed by atoms with Crippen LogP contribution in [0.4, 0.5) is 0 Å². The molecule has 43 heavy (non-hydrogen) atoms. The zero-order valence-electron chi connectivity index (χ0n) is 27.5. The Hall–Kier alpha value is -2.17. The van der Waals surface area contributed by atoms with E-state index in [4.69, 9.17) is 23.5 Å². The van der Waals surface area contributed by atoms with Crippen molar-refractivity contribution in [2.24, 2.45) is 11.8 Å². The molecule has 2 N–H and O–H groups in total. The van der Waals surface area contributed by atoms with Gasteiger partial charge in [-0.25, -0.2) is 10.2 Å². The summed E-state index contributed by atoms with van der Waals surface area (Å²) in [4.78, 5) is 27.9. The molecule has 2 heterocycles. The van der Waals surface area contributed by atoms with Crippen LogP contribution in [-0.4, -0.2) is 74.5 Å². The molecule has 3 rings (SSSR count). The molecule has 2 aliphatic heterocycles. The van der Waals surface area contributed by atoms with Crippen LogP contribution in [0.2, 0.25) is 0 Å². The number of esters is 2. The third-order valence-corrected chi connectivity index (χ3v) is 9.78. The van der Waals surface area contributed by atoms with Gasteiger partial charge >= 0.3 is 19.6 Å². The van der Waals surface area contributed by atoms with Crippen LogP contribution in [0.1, 0.15) is 85.4 Å². The minimum Gasteiger partial charge on any atom is -0.493 e. The first-order valence-corrected chi connectivity index (χ1v) is 17.0. The molecular weight excluding hydrogens is 573 g/mol. The van der Waals surface area contributed by atoms with Crippen molar-refractivity contribution in [3.8, 4) is 11.5 Å². The highest BCUT2D eigenvalue weighted by molar-refractivity contribution is 7.54. The average Bonchev–Trinajstić information content (AvgIpc) is 2.91. The summed E-state index contributed by atoms with van der Waals surface area (Å²) in [6, 6.07) is 2.18. The Morgan fingerprint density at radius 3 is 1.93 bits per heavy atom. The average molecular weight is 626 g/mol. The Labute approximate surface area is 257 Å². The maximum Gasteiger partial charge on any atom is 0.342 e. The highest BCUT2D eigenvalue weighted by Gasteiger charge is 2.44. The van der Waals surface area contributed by atoms with Crippen LogP contribution in [0.5, 0.6) is 11.5 Å². The van der Waals surface area contributed by atoms with E-state index in [-0.39, 0.29) is 24.2 Å². The second-order valence-electron chi connectivity index (χ2n) is 12.7. The van der Waals surface area contributed by atoms with Gasteiger partial charge in [0.15, 0.2) is 11.5 Å². The molecule has 1 unspecified atom stereocenters. The molecule has 0 radical (unpaired) electrons. The predicted molar refractivity (Wildman–Crippen MR) is 165 cm³/mol. The van der Waals surface area contributed by atoms with Crippen molar-refractivity contribution in [2.45, 2.75) is 111 Å². The standard InChI is InChI=1S/C31H52N3O8P/c1-18(2)13-24-17-34-12-11-23-14-28(38-9)29(39-10)15-25(23)26(34)16-27(24)42-43(37,32-21(7)30(35)40-19(3)4)33-22(8)31(36)41-20(5)6/h14-15,18-22,24,26-27H,11-13,16-17H2,1-10H3,(H2,32,33,37)/t21-,22-,24+,26+,27?/m0/s1. The van der Waals surface area contributed by atoms with Gasteiger partial charge in [-0.2, -0.15) is 0 Å². The Kier molecular flexibility index (Phi) is 12.5. The zero-order chi connectivity index (χ0) is 32.1. The number of hydrogen-bond donors (Lipinski definition) is 2. The Morgan fingerprint density at radius 1 is 0.907 bits per heavy atom. The number of hydrogen-bond acceptors (Lipinski definition) is 9. The minimum atomic E-state index is -4.00. The molecule has 1 aromatic carbocycles. The Morgan fingerprint density at radius 2 is 1.44 bits per heavy atom. The largest absolute Gasteiger partial charge is 0.493 e. The van der Waals surface area contributed by atoms with Crippen LogP contribution >= 0.6 is 7.67 Å². The quantitative estimate of drug-likeness (QED) is 0.214. The zero-order valence-corrected chi connectivity index (χ0v) is 28.4. The highest BCUT2D eigenvalue weighted by Crippen LogP contribution is 2.49. The first-order chi connectivity index (χ1) is 20.2. The summed E-state index contributed by atoms with van der Waals surface area (Å²) in [7, 11) is -0.741. The summed E-state index contributed by atoms with van der Waals surface area (Å²) in [5.41, 5.74) is 2.33. The summed E-state index contributed by atoms with van der Waals surface area (Å²) in [5.74, 6) is 0.690. The Bertz CT molecular complexity index is 1130. The number of carbonyl (C=O) groups is 2. The molecule has 1 aromatic rings. The molecule has 0 spiro atoms. The fourth-order valence-electron chi connectivity index (χ4n) is 5.94. The number of benzene rings is 1. The fraction of sp³-hybridized carbons (Fsp3) is 0.742. The molecule has 0 aromatic heterocycles. The van der Waals surface area contributed by atoms with Crippen LogP contribution in [0.25, 0.3) is 0 Å². The van der Waals surface area contributed by atoms with Crippen molar-refractivity contribution in [3.63, 3.8) is 0 Å². The SMILES string of the molecule is COc1cc2c(cc1OC)[C@H]1CC(OP(=O)(N[C@@H](C)C(=O)OC(C)C)N[C@@H](C)C(=O)OC(C)C)[C@H](CC(C)C)CN1CC2. The molecule has 0 saturated carbocycles. The maximum atomic E-state index is 14.6. The Balaban J connectivity index is 1.96. The molecule has 12 heteroatoms. The molecular formula is C31H52N3O8P. The van der Waals surface area contributed by atoms with E-state index in [1.165, 1.54) is 5.56 Å². The molecule has 5 atom stereocenters. The maximum absolute atomic E-state index is 14.6. The van der Waals surface area contributed by atoms with Gasteiger partial charge in [-0.15, -0.1) is 0 Å². The number of carbonyl (C=O) groups excluding carboxylic acids is 2. The topological polar surface area (TPSA) is 125 Å². The normalized spacial score (nSPS) is 22.1. The predicted octanol–water partition coefficient (Wildman–Crippen LogP) is 5.02. The van der Waals surface area contributed by atoms with Gasteiger partial charge in [0.1, 0.15) is 12.1 Å². The number of rotatable bonds is 14. The third kappa shape index (κ3) is 9.41. The van der Waals surface area contributed by atoms with Gasteiger partial charge in [-0.1, -0.05) is 13.8 Å². The summed E-state index contributed by atoms with van der Waals surface area (Å²) in [6.45, 7) is 16.1. The van der Waals surface area contributed by atoms with Crippen molar-refractivity contribution < 1.29 is 37.6 Å². The molecule has 244 valence electrons. The van der Waals surface area contributed by atoms with Crippen LogP contribution < -0.4 is 19.6 Å². The van der Waals surface area contributed by atoms with Gasteiger partial charge in [0.05, 0.1) is 32.5 Å². The lowest BCUT2D eigenvalue weighted by atomic mass is 9.79. The first kappa shape index (κ1) is 35.3. The summed E-state index contributed by atoms with van der Waals surface area (Å²) >= 11 is 0. The van der Waals surface area contributed by atoms with E-state index in [0.29, 0.717) is 23.8 Å². The summed E-state index contributed by atoms with van der Waals surface area (Å²) < 4.78 is 43.0. The number of nitrogens with zero attached hydrogens (tertiary/aromatic N) is 1. The second-order valence-corrected chi connectivity index (χ2v) is 14.5. The molecule has 2 aliphatic rings. The summed E-state index contributed by atoms with van der Waals surface area (Å²) in [6.07, 6.45) is 1.21. The number of piperidine rings is 1. The minimum absolute atomic E-state index is 0.0112. The van der Waals surface area contributed by atoms with Crippen LogP contribution in [-0.2, 0) is 34.6 Å². The number of ether oxygens (including phenoxy) is 4. The lowest BCUT2D eigenvalue weighted by Gasteiger charge is -2.48. The smallest absolute Gasteiger partial charge is 0.342 e. The van der Waals surface area contributed by atoms with Gasteiger partial charge in [-0.05, 0) is 95.9 Å². The molecule has 0 amide bonds. The van der Waals surface area contributed by atoms with E-state index in [1.54, 1.807) is 55.8 Å². The molecule has 0 bridgehead atoms. The molecule has 11 nitrogen and oxygen atoms in total. The van der Waals surface area contributed by atoms with Crippen molar-refractivity contribution in [3.05, 3.63) is 23.3 Å². The monoisotopic (exact) mass is 625 g/mol. The lowest BCUT2D eigenvalue weighted by molar-refractivity contribution is -0.149. The van der Waals surface area contributed by atoms with Crippen molar-refractivity contribution in [1.82, 2.24) is 15.1 Å². The van der Waals surface area contributed by atoms with Crippen molar-refractivity contribution in [1.29, 1.82) is 0 Å². The van der Waals surface area contributed by atoms with Crippen LogP contribution in [0, 0.1) is 11.8 Å². The first-order valence-electron chi connectivity index (χ1n) is 15.4. The number of fused-ring (bicyclic) bond motifs is 3. The van der Waals surface area contributed by atoms with E-state index in [2.05, 4.69) is 28.9 Å². The van der Waals surface area contributed by atoms with Gasteiger partial charge in [0, 0.05) is 19.1 Å². The van der Waals surface area contributed by atoms with E-state index in [9.17, 15) is 14.2 Å². The van der Waals surface area contributed by atoms with Gasteiger partial charge in [-0.3, -0.25) is 19.1 Å². The number of nitrogens with one attached hydrogen (secondary N) is 2. The van der Waals surface area contributed by atoms with Crippen molar-refractivity contribution >= 4 is 19.6 Å². The number of methoxy groups -OCH3 is 2. The van der Waals surface area contributed by atoms with E-state index in [0.717, 1.165) is 31.5 Å². The molecule has 1 saturated heterocycles. The fourth-order valence-corrected chi connectivity index (χ4v) is 8.01. The molecule has 1 fully saturated rings.